The van der Waals surface area contributed by atoms with Crippen molar-refractivity contribution in [2.75, 3.05) is 78.7 Å². The lowest BCUT2D eigenvalue weighted by molar-refractivity contribution is -0.101. The lowest BCUT2D eigenvalue weighted by Crippen LogP contribution is -2.50. The van der Waals surface area contributed by atoms with Gasteiger partial charge in [0.2, 0.25) is 0 Å². The van der Waals surface area contributed by atoms with E-state index in [0.29, 0.717) is 153 Å². The molecule has 16 aromatic rings. The van der Waals surface area contributed by atoms with Gasteiger partial charge in [-0.15, -0.1) is 0 Å². The largest absolute Gasteiger partial charge is 0.464 e. The summed E-state index contributed by atoms with van der Waals surface area (Å²) in [6, 6.07) is 76.1. The second kappa shape index (κ2) is 45.4. The topological polar surface area (TPSA) is 246 Å². The van der Waals surface area contributed by atoms with Crippen LogP contribution in [0.3, 0.4) is 0 Å². The average molecular weight is 2070 g/mol. The van der Waals surface area contributed by atoms with Crippen LogP contribution in [0.2, 0.25) is 20.1 Å². The molecule has 8 heterocycles. The van der Waals surface area contributed by atoms with Gasteiger partial charge in [0.1, 0.15) is 43.7 Å². The highest BCUT2D eigenvalue weighted by molar-refractivity contribution is 6.43. The minimum atomic E-state index is -0.959. The summed E-state index contributed by atoms with van der Waals surface area (Å²) in [7, 11) is 0. The number of aromatic amines is 4. The zero-order valence-corrected chi connectivity index (χ0v) is 85.0. The zero-order chi connectivity index (χ0) is 103. The number of fused-ring (bicyclic) bond motifs is 4. The van der Waals surface area contributed by atoms with Crippen molar-refractivity contribution >= 4 is 125 Å². The van der Waals surface area contributed by atoms with E-state index >= 15 is 0 Å². The Morgan fingerprint density at radius 3 is 1.13 bits per heavy atom. The standard InChI is InChI=1S/C31H30F2N4O3.C30H28Cl2N4O.C29H27Cl2N5O2.C26H22F2N4O/c1-30(2,3)40-29(38)37-14-12-31(13-15-37,39-19-28-35-26-17-24(32)25(33)18-27(26)36-28)22-10-8-20(9-11-22)21-6-5-7-23(16-21)34-4;1-33-24-4-2-3-22(15-24)21-7-9-23(10-8-21)30(11-13-36(14-12-30)18-20-5-6-20)19-37-29-34-27-16-25(31)26(32)17-28(27)35-29;1-3-33-28(37)36-13-11-29(12-14-36,18-38-27-34-25-16-23(30)24(31)17-26(25)35-27)21-9-7-19(8-10-21)20-5-4-6-22(15-20)32-2;1-29-20-4-2-3-18(13-20)17-5-7-19(8-6-17)26(9-11-30-12-10-26)33-16-25-31-23-14-21(27)22(28)15-24(23)32-25/h5-11,16-18H,12-15,19H2,1-3H3,(H,35,36);2-4,7-10,15-17,20H,5-6,11-14,18-19H2,(H,34,35);4-10,15-17H,3,11-14,18H2,1H3,(H,33,37)(H,34,35);2-8,13-15,30H,9-12,16H2,(H,31,32). The molecular weight excluding hydrogens is 1960 g/mol. The molecule has 754 valence electrons. The molecule has 4 saturated heterocycles. The van der Waals surface area contributed by atoms with E-state index in [1.54, 1.807) is 47.4 Å². The number of hydrogen-bond donors (Lipinski definition) is 6. The van der Waals surface area contributed by atoms with Crippen molar-refractivity contribution in [3.05, 3.63) is 366 Å². The Morgan fingerprint density at radius 2 is 0.757 bits per heavy atom. The molecule has 21 rings (SSSR count). The van der Waals surface area contributed by atoms with Crippen molar-refractivity contribution in [3.63, 3.8) is 0 Å². The van der Waals surface area contributed by atoms with Crippen LogP contribution >= 0.6 is 46.4 Å². The average Bonchev–Trinajstić information content (AvgIpc) is 0.799. The Bertz CT molecular complexity index is 7530. The van der Waals surface area contributed by atoms with E-state index in [9.17, 15) is 27.2 Å². The predicted octanol–water partition coefficient (Wildman–Crippen LogP) is 28.5. The second-order valence-electron chi connectivity index (χ2n) is 39.0. The molecule has 5 aliphatic rings. The molecule has 0 bridgehead atoms. The van der Waals surface area contributed by atoms with E-state index in [0.717, 1.165) is 173 Å². The first-order valence-corrected chi connectivity index (χ1v) is 50.7. The van der Waals surface area contributed by atoms with Crippen LogP contribution in [0, 0.1) is 55.5 Å². The summed E-state index contributed by atoms with van der Waals surface area (Å²) < 4.78 is 85.6. The number of imidazole rings is 4. The third kappa shape index (κ3) is 24.4. The van der Waals surface area contributed by atoms with Crippen molar-refractivity contribution in [2.24, 2.45) is 5.92 Å². The van der Waals surface area contributed by atoms with Gasteiger partial charge in [0.15, 0.2) is 46.0 Å². The van der Waals surface area contributed by atoms with Gasteiger partial charge in [-0.1, -0.05) is 216 Å². The zero-order valence-electron chi connectivity index (χ0n) is 81.9. The fourth-order valence-electron chi connectivity index (χ4n) is 19.7. The van der Waals surface area contributed by atoms with Crippen molar-refractivity contribution < 1.29 is 50.8 Å². The quantitative estimate of drug-likeness (QED) is 0.0258. The molecule has 3 amide bonds. The molecule has 1 saturated carbocycles. The molecule has 6 N–H and O–H groups in total. The first-order valence-electron chi connectivity index (χ1n) is 49.2. The fraction of sp³-hybridized carbons (Fsp3) is 0.293. The number of amides is 3. The molecule has 0 spiro atoms. The number of likely N-dealkylation sites (tertiary alicyclic amines) is 3. The lowest BCUT2D eigenvalue weighted by Gasteiger charge is -2.42. The highest BCUT2D eigenvalue weighted by Crippen LogP contribution is 2.46. The number of urea groups is 1. The van der Waals surface area contributed by atoms with Crippen LogP contribution < -0.4 is 20.1 Å². The van der Waals surface area contributed by atoms with Gasteiger partial charge in [-0.2, -0.15) is 9.97 Å². The van der Waals surface area contributed by atoms with E-state index in [2.05, 4.69) is 154 Å². The SMILES string of the molecule is [C-]#[N+]c1cccc(-c2ccc(C3(COc4nc5cc(Cl)c(Cl)cc5[nH]4)CCN(C(=O)NCC)CC3)cc2)c1.[C-]#[N+]c1cccc(-c2ccc(C3(COc4nc5cc(Cl)c(Cl)cc5[nH]4)CCN(CC4CC4)CC3)cc2)c1.[C-]#[N+]c1cccc(-c2ccc(C3(OCc4nc5cc(F)c(F)cc5[nH]4)CCN(C(=O)OC(C)(C)C)CC3)cc2)c1.[C-]#[N+]c1cccc(-c2ccc(C3(OCc4nc5cc(F)c(F)cc5[nH]4)CCNCC3)cc2)c1. The van der Waals surface area contributed by atoms with Crippen LogP contribution in [0.5, 0.6) is 12.0 Å². The Kier molecular flexibility index (Phi) is 31.7. The number of nitrogens with one attached hydrogen (secondary N) is 6. The van der Waals surface area contributed by atoms with Gasteiger partial charge in [0.25, 0.3) is 12.0 Å². The summed E-state index contributed by atoms with van der Waals surface area (Å²) >= 11 is 24.7. The number of H-pyrrole nitrogens is 4. The monoisotopic (exact) mass is 2070 g/mol. The molecule has 1 aliphatic carbocycles. The molecule has 5 fully saturated rings. The molecule has 4 aromatic heterocycles. The van der Waals surface area contributed by atoms with E-state index < -0.39 is 40.1 Å². The summed E-state index contributed by atoms with van der Waals surface area (Å²) in [5.41, 5.74) is 17.3. The predicted molar refractivity (Wildman–Crippen MR) is 572 cm³/mol. The Morgan fingerprint density at radius 1 is 0.412 bits per heavy atom. The second-order valence-corrected chi connectivity index (χ2v) is 40.7. The smallest absolute Gasteiger partial charge is 0.410 e. The van der Waals surface area contributed by atoms with Crippen molar-refractivity contribution in [1.29, 1.82) is 0 Å². The van der Waals surface area contributed by atoms with E-state index in [1.165, 1.54) is 24.9 Å². The molecule has 4 aliphatic heterocycles. The van der Waals surface area contributed by atoms with Gasteiger partial charge >= 0.3 is 12.1 Å². The maximum atomic E-state index is 13.7. The van der Waals surface area contributed by atoms with Crippen molar-refractivity contribution in [3.8, 4) is 56.5 Å². The summed E-state index contributed by atoms with van der Waals surface area (Å²) in [5, 5.41) is 8.13. The normalized spacial score (nSPS) is 15.7. The molecule has 0 atom stereocenters. The first-order chi connectivity index (χ1) is 71.5. The van der Waals surface area contributed by atoms with Crippen molar-refractivity contribution in [1.82, 2.24) is 65.2 Å². The summed E-state index contributed by atoms with van der Waals surface area (Å²) in [6.45, 7) is 45.5. The van der Waals surface area contributed by atoms with E-state index in [-0.39, 0.29) is 36.2 Å². The molecule has 0 radical (unpaired) electrons. The van der Waals surface area contributed by atoms with Gasteiger partial charge in [0.05, 0.1) is 102 Å². The van der Waals surface area contributed by atoms with Gasteiger partial charge in [-0.3, -0.25) is 0 Å². The van der Waals surface area contributed by atoms with Gasteiger partial charge < -0.3 is 69.0 Å². The van der Waals surface area contributed by atoms with Crippen LogP contribution in [-0.4, -0.2) is 151 Å². The molecule has 24 nitrogen and oxygen atoms in total. The van der Waals surface area contributed by atoms with Gasteiger partial charge in [0, 0.05) is 74.4 Å². The van der Waals surface area contributed by atoms with Crippen LogP contribution in [0.1, 0.15) is 126 Å². The first kappa shape index (κ1) is 103. The number of ether oxygens (including phenoxy) is 5. The van der Waals surface area contributed by atoms with E-state index in [4.69, 9.17) is 96.4 Å². The number of benzene rings is 12. The maximum absolute atomic E-state index is 13.7. The Labute approximate surface area is 875 Å². The number of carbonyl (C=O) groups is 2. The third-order valence-corrected chi connectivity index (χ3v) is 29.6. The van der Waals surface area contributed by atoms with Crippen LogP contribution in [0.25, 0.3) is 108 Å². The van der Waals surface area contributed by atoms with Crippen LogP contribution in [0.4, 0.5) is 49.9 Å². The van der Waals surface area contributed by atoms with Gasteiger partial charge in [-0.05, 0) is 239 Å². The summed E-state index contributed by atoms with van der Waals surface area (Å²) in [6.07, 6.45) is 8.56. The highest BCUT2D eigenvalue weighted by atomic mass is 35.5. The molecule has 0 unspecified atom stereocenters. The maximum Gasteiger partial charge on any atom is 0.410 e. The van der Waals surface area contributed by atoms with Crippen LogP contribution in [-0.2, 0) is 49.5 Å². The summed E-state index contributed by atoms with van der Waals surface area (Å²) in [5.74, 6) is -1.87. The minimum Gasteiger partial charge on any atom is -0.464 e. The molecule has 32 heteroatoms. The number of carbonyl (C=O) groups excluding carboxylic acids is 2. The minimum absolute atomic E-state index is 0.0388. The molecular formula is C116H107Cl4F4N17O7. The fourth-order valence-corrected chi connectivity index (χ4v) is 20.3. The molecule has 12 aromatic carbocycles. The Hall–Kier alpha value is -14.7. The number of halogens is 8. The van der Waals surface area contributed by atoms with Gasteiger partial charge in [-0.25, -0.2) is 56.5 Å². The number of piperidine rings is 4. The highest BCUT2D eigenvalue weighted by Gasteiger charge is 2.44. The number of hydrogen-bond acceptors (Lipinski definition) is 13. The third-order valence-electron chi connectivity index (χ3n) is 28.1. The van der Waals surface area contributed by atoms with E-state index in [1.807, 2.05) is 130 Å². The Balaban J connectivity index is 0.000000129. The lowest BCUT2D eigenvalue weighted by atomic mass is 9.73. The number of nitrogens with zero attached hydrogens (tertiary/aromatic N) is 11. The summed E-state index contributed by atoms with van der Waals surface area (Å²) in [4.78, 5) is 75.8. The van der Waals surface area contributed by atoms with Crippen molar-refractivity contribution in [2.45, 2.75) is 133 Å². The van der Waals surface area contributed by atoms with Crippen LogP contribution in [0.15, 0.2) is 243 Å². The number of rotatable bonds is 23. The molecule has 148 heavy (non-hydrogen) atoms. The number of aromatic nitrogens is 8.